The van der Waals surface area contributed by atoms with E-state index in [1.807, 2.05) is 0 Å². The predicted octanol–water partition coefficient (Wildman–Crippen LogP) is 2.03. The van der Waals surface area contributed by atoms with E-state index in [0.717, 1.165) is 16.7 Å². The van der Waals surface area contributed by atoms with E-state index in [0.29, 0.717) is 5.56 Å². The summed E-state index contributed by atoms with van der Waals surface area (Å²) in [6, 6.07) is 4.90. The smallest absolute Gasteiger partial charge is 0.279 e. The number of aromatic amines is 1. The maximum atomic E-state index is 12.9. The number of benzene rings is 1. The van der Waals surface area contributed by atoms with Crippen LogP contribution in [0.3, 0.4) is 0 Å². The van der Waals surface area contributed by atoms with Crippen molar-refractivity contribution in [1.82, 2.24) is 9.55 Å². The number of H-pyrrole nitrogens is 1. The lowest BCUT2D eigenvalue weighted by Gasteiger charge is -2.08. The monoisotopic (exact) mass is 288 g/mol. The molecule has 1 aromatic heterocycles. The van der Waals surface area contributed by atoms with Crippen molar-refractivity contribution in [3.63, 3.8) is 0 Å². The van der Waals surface area contributed by atoms with Crippen LogP contribution in [-0.2, 0) is 6.54 Å². The van der Waals surface area contributed by atoms with Gasteiger partial charge in [0.15, 0.2) is 0 Å². The molecule has 0 fully saturated rings. The molecular weight excluding hydrogens is 282 g/mol. The average molecular weight is 289 g/mol. The molecule has 0 radical (unpaired) electrons. The number of hydrogen-bond acceptors (Lipinski definition) is 2. The lowest BCUT2D eigenvalue weighted by molar-refractivity contribution is 0.625. The van der Waals surface area contributed by atoms with E-state index in [-0.39, 0.29) is 16.7 Å². The fourth-order valence-electron chi connectivity index (χ4n) is 1.46. The molecule has 0 bridgehead atoms. The number of hydrogen-bond donors (Lipinski definition) is 1. The summed E-state index contributed by atoms with van der Waals surface area (Å²) >= 11 is 11.6. The predicted molar refractivity (Wildman–Crippen MR) is 66.8 cm³/mol. The van der Waals surface area contributed by atoms with Crippen LogP contribution < -0.4 is 11.2 Å². The third kappa shape index (κ3) is 2.63. The van der Waals surface area contributed by atoms with Crippen LogP contribution in [0.2, 0.25) is 10.2 Å². The Hall–Kier alpha value is -1.59. The minimum Gasteiger partial charge on any atom is -0.279 e. The highest BCUT2D eigenvalue weighted by molar-refractivity contribution is 6.31. The van der Waals surface area contributed by atoms with Gasteiger partial charge in [0.2, 0.25) is 0 Å². The molecule has 0 saturated heterocycles. The maximum Gasteiger partial charge on any atom is 0.329 e. The van der Waals surface area contributed by atoms with Gasteiger partial charge < -0.3 is 0 Å². The molecule has 1 N–H and O–H groups in total. The van der Waals surface area contributed by atoms with Gasteiger partial charge in [-0.05, 0) is 17.7 Å². The van der Waals surface area contributed by atoms with Crippen molar-refractivity contribution in [2.75, 3.05) is 0 Å². The Morgan fingerprint density at radius 2 is 1.94 bits per heavy atom. The zero-order valence-corrected chi connectivity index (χ0v) is 10.4. The zero-order valence-electron chi connectivity index (χ0n) is 8.91. The molecule has 4 nitrogen and oxygen atoms in total. The van der Waals surface area contributed by atoms with Gasteiger partial charge in [-0.1, -0.05) is 29.3 Å². The van der Waals surface area contributed by atoms with Crippen LogP contribution in [0.15, 0.2) is 33.9 Å². The number of nitrogens with one attached hydrogen (secondary N) is 1. The molecule has 94 valence electrons. The van der Waals surface area contributed by atoms with Crippen molar-refractivity contribution < 1.29 is 4.39 Å². The summed E-state index contributed by atoms with van der Waals surface area (Å²) in [7, 11) is 0. The molecule has 0 saturated carbocycles. The second kappa shape index (κ2) is 4.96. The quantitative estimate of drug-likeness (QED) is 0.860. The Morgan fingerprint density at radius 3 is 2.56 bits per heavy atom. The van der Waals surface area contributed by atoms with Crippen LogP contribution in [0.25, 0.3) is 0 Å². The maximum absolute atomic E-state index is 12.9. The SMILES string of the molecule is O=c1cc(Cl)n(Cc2ccc(F)cc2Cl)c(=O)[nH]1. The van der Waals surface area contributed by atoms with Gasteiger partial charge in [0.1, 0.15) is 11.0 Å². The van der Waals surface area contributed by atoms with Crippen LogP contribution >= 0.6 is 23.2 Å². The van der Waals surface area contributed by atoms with Gasteiger partial charge in [-0.25, -0.2) is 9.18 Å². The standard InChI is InChI=1S/C11H7Cl2FN2O2/c12-8-3-7(14)2-1-6(8)5-16-9(13)4-10(17)15-11(16)18/h1-4H,5H2,(H,15,17,18). The highest BCUT2D eigenvalue weighted by Crippen LogP contribution is 2.18. The summed E-state index contributed by atoms with van der Waals surface area (Å²) in [4.78, 5) is 24.6. The van der Waals surface area contributed by atoms with Gasteiger partial charge in [-0.3, -0.25) is 14.3 Å². The first kappa shape index (κ1) is 12.9. The lowest BCUT2D eigenvalue weighted by atomic mass is 10.2. The third-order valence-electron chi connectivity index (χ3n) is 2.33. The summed E-state index contributed by atoms with van der Waals surface area (Å²) in [5.74, 6) is -0.469. The summed E-state index contributed by atoms with van der Waals surface area (Å²) in [5.41, 5.74) is -0.700. The number of nitrogens with zero attached hydrogens (tertiary/aromatic N) is 1. The third-order valence-corrected chi connectivity index (χ3v) is 2.99. The fraction of sp³-hybridized carbons (Fsp3) is 0.0909. The lowest BCUT2D eigenvalue weighted by Crippen LogP contribution is -2.30. The first-order chi connectivity index (χ1) is 8.47. The van der Waals surface area contributed by atoms with E-state index < -0.39 is 17.1 Å². The molecule has 0 amide bonds. The number of aromatic nitrogens is 2. The molecule has 0 aliphatic rings. The topological polar surface area (TPSA) is 54.9 Å². The van der Waals surface area contributed by atoms with Crippen LogP contribution in [0.5, 0.6) is 0 Å². The summed E-state index contributed by atoms with van der Waals surface area (Å²) < 4.78 is 14.0. The van der Waals surface area contributed by atoms with Crippen LogP contribution in [0.1, 0.15) is 5.56 Å². The first-order valence-corrected chi connectivity index (χ1v) is 5.66. The molecule has 0 spiro atoms. The first-order valence-electron chi connectivity index (χ1n) is 4.91. The summed E-state index contributed by atoms with van der Waals surface area (Å²) in [6.45, 7) is 0.0492. The van der Waals surface area contributed by atoms with Crippen LogP contribution in [0, 0.1) is 5.82 Å². The highest BCUT2D eigenvalue weighted by atomic mass is 35.5. The molecule has 7 heteroatoms. The molecule has 0 aliphatic carbocycles. The second-order valence-electron chi connectivity index (χ2n) is 3.58. The Kier molecular flexibility index (Phi) is 3.54. The average Bonchev–Trinajstić information content (AvgIpc) is 2.25. The highest BCUT2D eigenvalue weighted by Gasteiger charge is 2.08. The van der Waals surface area contributed by atoms with E-state index in [1.165, 1.54) is 12.1 Å². The van der Waals surface area contributed by atoms with Crippen LogP contribution in [0.4, 0.5) is 4.39 Å². The Balaban J connectivity index is 2.46. The molecule has 18 heavy (non-hydrogen) atoms. The molecular formula is C11H7Cl2FN2O2. The van der Waals surface area contributed by atoms with Crippen LogP contribution in [-0.4, -0.2) is 9.55 Å². The van der Waals surface area contributed by atoms with Crippen molar-refractivity contribution in [1.29, 1.82) is 0 Å². The Labute approximate surface area is 111 Å². The zero-order chi connectivity index (χ0) is 13.3. The summed E-state index contributed by atoms with van der Waals surface area (Å²) in [5, 5.41) is 0.174. The Bertz CT molecular complexity index is 709. The van der Waals surface area contributed by atoms with Gasteiger partial charge in [0.05, 0.1) is 6.54 Å². The number of halogens is 3. The largest absolute Gasteiger partial charge is 0.329 e. The number of rotatable bonds is 2. The van der Waals surface area contributed by atoms with Gasteiger partial charge in [-0.2, -0.15) is 0 Å². The molecule has 2 aromatic rings. The van der Waals surface area contributed by atoms with Crippen molar-refractivity contribution in [3.8, 4) is 0 Å². The van der Waals surface area contributed by atoms with E-state index in [2.05, 4.69) is 4.98 Å². The molecule has 1 heterocycles. The van der Waals surface area contributed by atoms with E-state index in [4.69, 9.17) is 23.2 Å². The van der Waals surface area contributed by atoms with Crippen molar-refractivity contribution in [2.45, 2.75) is 6.54 Å². The van der Waals surface area contributed by atoms with Gasteiger partial charge in [0.25, 0.3) is 5.56 Å². The molecule has 2 rings (SSSR count). The minimum absolute atomic E-state index is 0.0101. The molecule has 0 unspecified atom stereocenters. The molecule has 0 aliphatic heterocycles. The van der Waals surface area contributed by atoms with Crippen molar-refractivity contribution in [2.24, 2.45) is 0 Å². The molecule has 0 atom stereocenters. The summed E-state index contributed by atoms with van der Waals surface area (Å²) in [6.07, 6.45) is 0. The van der Waals surface area contributed by atoms with E-state index in [1.54, 1.807) is 0 Å². The van der Waals surface area contributed by atoms with Gasteiger partial charge in [-0.15, -0.1) is 0 Å². The fourth-order valence-corrected chi connectivity index (χ4v) is 1.92. The Morgan fingerprint density at radius 1 is 1.22 bits per heavy atom. The van der Waals surface area contributed by atoms with Gasteiger partial charge >= 0.3 is 5.69 Å². The normalized spacial score (nSPS) is 10.6. The second-order valence-corrected chi connectivity index (χ2v) is 4.38. The van der Waals surface area contributed by atoms with E-state index in [9.17, 15) is 14.0 Å². The minimum atomic E-state index is -0.645. The molecule has 1 aromatic carbocycles. The van der Waals surface area contributed by atoms with Crippen molar-refractivity contribution in [3.05, 3.63) is 66.7 Å². The van der Waals surface area contributed by atoms with Crippen molar-refractivity contribution >= 4 is 23.2 Å². The van der Waals surface area contributed by atoms with Gasteiger partial charge in [0, 0.05) is 11.1 Å². The van der Waals surface area contributed by atoms with E-state index >= 15 is 0 Å².